The van der Waals surface area contributed by atoms with Crippen LogP contribution >= 0.6 is 0 Å². The number of pyridine rings is 1. The summed E-state index contributed by atoms with van der Waals surface area (Å²) in [6.07, 6.45) is 3.53. The minimum absolute atomic E-state index is 0.649. The van der Waals surface area contributed by atoms with Crippen molar-refractivity contribution in [3.8, 4) is 34.0 Å². The van der Waals surface area contributed by atoms with E-state index in [1.807, 2.05) is 18.2 Å². The van der Waals surface area contributed by atoms with E-state index in [0.29, 0.717) is 5.56 Å². The van der Waals surface area contributed by atoms with E-state index in [2.05, 4.69) is 102 Å². The van der Waals surface area contributed by atoms with Crippen LogP contribution in [0.3, 0.4) is 0 Å². The first kappa shape index (κ1) is 20.9. The lowest BCUT2D eigenvalue weighted by Gasteiger charge is -2.16. The van der Waals surface area contributed by atoms with E-state index in [-0.39, 0.29) is 0 Å². The van der Waals surface area contributed by atoms with Crippen LogP contribution in [0.1, 0.15) is 16.7 Å². The van der Waals surface area contributed by atoms with Gasteiger partial charge in [0.25, 0.3) is 0 Å². The molecular formula is C32H23N3. The Hall–Kier alpha value is -4.68. The predicted molar refractivity (Wildman–Crippen MR) is 144 cm³/mol. The van der Waals surface area contributed by atoms with E-state index in [1.165, 1.54) is 27.5 Å². The summed E-state index contributed by atoms with van der Waals surface area (Å²) in [6, 6.07) is 34.2. The van der Waals surface area contributed by atoms with Crippen molar-refractivity contribution in [3.63, 3.8) is 0 Å². The Kier molecular flexibility index (Phi) is 4.94. The Labute approximate surface area is 204 Å². The van der Waals surface area contributed by atoms with Gasteiger partial charge in [0.2, 0.25) is 0 Å². The zero-order valence-corrected chi connectivity index (χ0v) is 19.7. The lowest BCUT2D eigenvalue weighted by Crippen LogP contribution is -2.00. The van der Waals surface area contributed by atoms with Crippen LogP contribution < -0.4 is 0 Å². The predicted octanol–water partition coefficient (Wildman–Crippen LogP) is 8.00. The molecule has 0 aliphatic rings. The number of rotatable bonds is 3. The first-order chi connectivity index (χ1) is 17.2. The summed E-state index contributed by atoms with van der Waals surface area (Å²) < 4.78 is 2.33. The third-order valence-corrected chi connectivity index (χ3v) is 6.71. The van der Waals surface area contributed by atoms with Crippen LogP contribution in [-0.2, 0) is 0 Å². The number of aryl methyl sites for hydroxylation is 2. The average Bonchev–Trinajstić information content (AvgIpc) is 3.23. The number of aromatic nitrogens is 2. The van der Waals surface area contributed by atoms with Crippen molar-refractivity contribution in [3.05, 3.63) is 120 Å². The van der Waals surface area contributed by atoms with E-state index >= 15 is 0 Å². The van der Waals surface area contributed by atoms with Gasteiger partial charge in [0.1, 0.15) is 0 Å². The second-order valence-electron chi connectivity index (χ2n) is 8.96. The fourth-order valence-corrected chi connectivity index (χ4v) is 5.11. The Morgan fingerprint density at radius 3 is 2.29 bits per heavy atom. The zero-order valence-electron chi connectivity index (χ0n) is 19.7. The van der Waals surface area contributed by atoms with Crippen LogP contribution in [0.15, 0.2) is 103 Å². The van der Waals surface area contributed by atoms with E-state index < -0.39 is 0 Å². The van der Waals surface area contributed by atoms with Gasteiger partial charge in [-0.3, -0.25) is 4.98 Å². The normalized spacial score (nSPS) is 11.1. The highest BCUT2D eigenvalue weighted by atomic mass is 15.0. The van der Waals surface area contributed by atoms with Gasteiger partial charge in [-0.25, -0.2) is 0 Å². The zero-order chi connectivity index (χ0) is 23.9. The first-order valence-corrected chi connectivity index (χ1v) is 11.7. The van der Waals surface area contributed by atoms with Gasteiger partial charge in [0.05, 0.1) is 28.4 Å². The van der Waals surface area contributed by atoms with Crippen molar-refractivity contribution in [1.82, 2.24) is 9.55 Å². The van der Waals surface area contributed by atoms with Crippen molar-refractivity contribution < 1.29 is 0 Å². The molecule has 2 aromatic heterocycles. The molecule has 0 spiro atoms. The van der Waals surface area contributed by atoms with Crippen molar-refractivity contribution in [2.45, 2.75) is 13.8 Å². The molecular weight excluding hydrogens is 426 g/mol. The number of nitriles is 1. The van der Waals surface area contributed by atoms with Gasteiger partial charge in [-0.05, 0) is 66.4 Å². The van der Waals surface area contributed by atoms with Crippen LogP contribution in [0.2, 0.25) is 0 Å². The highest BCUT2D eigenvalue weighted by molar-refractivity contribution is 6.13. The standard InChI is InChI=1S/C32H23N3/c1-21-7-5-8-24(17-21)26-10-6-11-28-27-9-3-4-12-30(27)35(32(26)28)31-19-25(20-33)29(18-22(31)2)23-13-15-34-16-14-23/h3-19H,1-2H3. The summed E-state index contributed by atoms with van der Waals surface area (Å²) >= 11 is 0. The monoisotopic (exact) mass is 449 g/mol. The Balaban J connectivity index is 1.72. The number of para-hydroxylation sites is 2. The Morgan fingerprint density at radius 1 is 0.714 bits per heavy atom. The van der Waals surface area contributed by atoms with Crippen molar-refractivity contribution in [2.24, 2.45) is 0 Å². The summed E-state index contributed by atoms with van der Waals surface area (Å²) in [5.41, 5.74) is 10.6. The third kappa shape index (κ3) is 3.39. The maximum absolute atomic E-state index is 10.1. The molecule has 0 unspecified atom stereocenters. The fraction of sp³-hybridized carbons (Fsp3) is 0.0625. The molecule has 0 fully saturated rings. The highest BCUT2D eigenvalue weighted by Gasteiger charge is 2.19. The summed E-state index contributed by atoms with van der Waals surface area (Å²) in [6.45, 7) is 4.25. The average molecular weight is 450 g/mol. The molecule has 0 saturated heterocycles. The van der Waals surface area contributed by atoms with Crippen LogP contribution in [0.4, 0.5) is 0 Å². The number of hydrogen-bond donors (Lipinski definition) is 0. The summed E-state index contributed by atoms with van der Waals surface area (Å²) in [5, 5.41) is 12.5. The Bertz CT molecular complexity index is 1770. The lowest BCUT2D eigenvalue weighted by atomic mass is 9.97. The molecule has 0 radical (unpaired) electrons. The summed E-state index contributed by atoms with van der Waals surface area (Å²) in [7, 11) is 0. The van der Waals surface area contributed by atoms with Gasteiger partial charge in [0.15, 0.2) is 0 Å². The highest BCUT2D eigenvalue weighted by Crippen LogP contribution is 2.40. The summed E-state index contributed by atoms with van der Waals surface area (Å²) in [4.78, 5) is 4.13. The minimum Gasteiger partial charge on any atom is -0.308 e. The number of nitrogens with zero attached hydrogens (tertiary/aromatic N) is 3. The summed E-state index contributed by atoms with van der Waals surface area (Å²) in [5.74, 6) is 0. The van der Waals surface area contributed by atoms with Crippen LogP contribution in [-0.4, -0.2) is 9.55 Å². The number of benzene rings is 4. The molecule has 35 heavy (non-hydrogen) atoms. The molecule has 0 aliphatic carbocycles. The molecule has 3 nitrogen and oxygen atoms in total. The Morgan fingerprint density at radius 2 is 1.49 bits per heavy atom. The first-order valence-electron chi connectivity index (χ1n) is 11.7. The van der Waals surface area contributed by atoms with Crippen LogP contribution in [0, 0.1) is 25.2 Å². The smallest absolute Gasteiger partial charge is 0.0998 e. The molecule has 0 bridgehead atoms. The van der Waals surface area contributed by atoms with E-state index in [1.54, 1.807) is 12.4 Å². The fourth-order valence-electron chi connectivity index (χ4n) is 5.11. The largest absolute Gasteiger partial charge is 0.308 e. The SMILES string of the molecule is Cc1cccc(-c2cccc3c4ccccc4n(-c4cc(C#N)c(-c5ccncc5)cc4C)c23)c1. The quantitative estimate of drug-likeness (QED) is 0.275. The molecule has 6 rings (SSSR count). The maximum Gasteiger partial charge on any atom is 0.0998 e. The van der Waals surface area contributed by atoms with Crippen LogP contribution in [0.5, 0.6) is 0 Å². The maximum atomic E-state index is 10.1. The van der Waals surface area contributed by atoms with Crippen molar-refractivity contribution in [2.75, 3.05) is 0 Å². The van der Waals surface area contributed by atoms with Gasteiger partial charge >= 0.3 is 0 Å². The van der Waals surface area contributed by atoms with Crippen molar-refractivity contribution in [1.29, 1.82) is 5.26 Å². The van der Waals surface area contributed by atoms with Gasteiger partial charge in [-0.2, -0.15) is 5.26 Å². The van der Waals surface area contributed by atoms with E-state index in [0.717, 1.165) is 33.4 Å². The molecule has 0 atom stereocenters. The lowest BCUT2D eigenvalue weighted by molar-refractivity contribution is 1.15. The third-order valence-electron chi connectivity index (χ3n) is 6.71. The molecule has 0 aliphatic heterocycles. The molecule has 0 amide bonds. The van der Waals surface area contributed by atoms with E-state index in [4.69, 9.17) is 0 Å². The second-order valence-corrected chi connectivity index (χ2v) is 8.96. The number of hydrogen-bond acceptors (Lipinski definition) is 2. The minimum atomic E-state index is 0.649. The van der Waals surface area contributed by atoms with Crippen molar-refractivity contribution >= 4 is 21.8 Å². The molecule has 0 N–H and O–H groups in total. The van der Waals surface area contributed by atoms with E-state index in [9.17, 15) is 5.26 Å². The molecule has 2 heterocycles. The van der Waals surface area contributed by atoms with Crippen LogP contribution in [0.25, 0.3) is 49.7 Å². The molecule has 3 heteroatoms. The van der Waals surface area contributed by atoms with Gasteiger partial charge in [0, 0.05) is 28.7 Å². The van der Waals surface area contributed by atoms with Gasteiger partial charge in [-0.15, -0.1) is 0 Å². The molecule has 4 aromatic carbocycles. The molecule has 166 valence electrons. The number of fused-ring (bicyclic) bond motifs is 3. The topological polar surface area (TPSA) is 41.6 Å². The molecule has 0 saturated carbocycles. The second kappa shape index (κ2) is 8.27. The molecule has 6 aromatic rings. The van der Waals surface area contributed by atoms with Gasteiger partial charge < -0.3 is 4.57 Å². The van der Waals surface area contributed by atoms with Gasteiger partial charge in [-0.1, -0.05) is 66.2 Å².